The first-order valence-corrected chi connectivity index (χ1v) is 22.2. The number of nitrogens with zero attached hydrogens (tertiary/aromatic N) is 2. The molecule has 6 heteroatoms. The largest absolute Gasteiger partial charge is 0.512 e. The number of fused-ring (bicyclic) bond motifs is 5. The summed E-state index contributed by atoms with van der Waals surface area (Å²) < 4.78 is 3.64. The fourth-order valence-corrected chi connectivity index (χ4v) is 8.84. The Labute approximate surface area is 383 Å². The zero-order valence-electron chi connectivity index (χ0n) is 36.7. The Morgan fingerprint density at radius 3 is 1.85 bits per heavy atom. The van der Waals surface area contributed by atoms with Crippen LogP contribution < -0.4 is 0 Å². The Hall–Kier alpha value is -5.65. The number of aliphatic hydroxyl groups is 1. The molecule has 0 amide bonds. The Balaban J connectivity index is 0.000000427. The molecule has 9 rings (SSSR count). The molecule has 315 valence electrons. The average Bonchev–Trinajstić information content (AvgIpc) is 3.87. The first kappa shape index (κ1) is 44.4. The summed E-state index contributed by atoms with van der Waals surface area (Å²) >= 11 is 1.67. The van der Waals surface area contributed by atoms with E-state index in [0.717, 1.165) is 22.4 Å². The first-order chi connectivity index (χ1) is 29.4. The van der Waals surface area contributed by atoms with Crippen LogP contribution in [0.3, 0.4) is 0 Å². The SMILES string of the molecule is CC(C)C(=O)/C=C(\O)C(C)C.CC(C)c1cc(-c2ccccc2)cc(C(C)C)c1-n1c(-c2[c-]sc3ccc(-c4ccc5ccc6ccccc6c5c4)cc23)nc2ccccc21.[Ir]. The number of carbonyl (C=O) groups is 1. The molecule has 2 aromatic heterocycles. The van der Waals surface area contributed by atoms with Gasteiger partial charge in [0.1, 0.15) is 0 Å². The van der Waals surface area contributed by atoms with E-state index < -0.39 is 0 Å². The van der Waals surface area contributed by atoms with Gasteiger partial charge >= 0.3 is 0 Å². The number of hydrogen-bond acceptors (Lipinski definition) is 4. The molecule has 0 bridgehead atoms. The molecule has 62 heavy (non-hydrogen) atoms. The minimum atomic E-state index is -0.0316. The molecule has 2 heterocycles. The summed E-state index contributed by atoms with van der Waals surface area (Å²) in [6, 6.07) is 50.9. The van der Waals surface area contributed by atoms with Crippen molar-refractivity contribution >= 4 is 59.8 Å². The number of rotatable bonds is 9. The first-order valence-electron chi connectivity index (χ1n) is 21.4. The number of aliphatic hydroxyl groups excluding tert-OH is 1. The second-order valence-electron chi connectivity index (χ2n) is 17.2. The average molecular weight is 1010 g/mol. The summed E-state index contributed by atoms with van der Waals surface area (Å²) in [6.07, 6.45) is 1.31. The molecule has 0 atom stereocenters. The molecular weight excluding hydrogens is 957 g/mol. The smallest absolute Gasteiger partial charge is 0.161 e. The molecule has 0 unspecified atom stereocenters. The number of hydrogen-bond donors (Lipinski definition) is 1. The van der Waals surface area contributed by atoms with Gasteiger partial charge in [-0.3, -0.25) is 21.1 Å². The van der Waals surface area contributed by atoms with E-state index in [1.165, 1.54) is 76.8 Å². The molecular formula is C56H53IrN2O2S-. The van der Waals surface area contributed by atoms with Crippen LogP contribution in [-0.4, -0.2) is 20.4 Å². The van der Waals surface area contributed by atoms with E-state index in [0.29, 0.717) is 11.8 Å². The molecule has 9 aromatic rings. The van der Waals surface area contributed by atoms with Gasteiger partial charge in [-0.2, -0.15) is 0 Å². The van der Waals surface area contributed by atoms with Crippen molar-refractivity contribution in [3.63, 3.8) is 0 Å². The van der Waals surface area contributed by atoms with Gasteiger partial charge in [-0.25, -0.2) is 0 Å². The molecule has 1 radical (unpaired) electrons. The van der Waals surface area contributed by atoms with E-state index in [9.17, 15) is 9.90 Å². The molecule has 0 aliphatic heterocycles. The van der Waals surface area contributed by atoms with E-state index in [2.05, 4.69) is 177 Å². The Morgan fingerprint density at radius 2 is 1.19 bits per heavy atom. The van der Waals surface area contributed by atoms with E-state index in [-0.39, 0.29) is 43.5 Å². The van der Waals surface area contributed by atoms with Crippen molar-refractivity contribution in [3.05, 3.63) is 168 Å². The number of ketones is 1. The predicted molar refractivity (Wildman–Crippen MR) is 260 cm³/mol. The molecule has 0 fully saturated rings. The third kappa shape index (κ3) is 8.83. The van der Waals surface area contributed by atoms with Crippen LogP contribution in [0.2, 0.25) is 0 Å². The number of allylic oxidation sites excluding steroid dienone is 2. The minimum absolute atomic E-state index is 0. The van der Waals surface area contributed by atoms with Gasteiger partial charge in [0.05, 0.1) is 22.6 Å². The van der Waals surface area contributed by atoms with E-state index in [1.54, 1.807) is 11.3 Å². The number of carbonyl (C=O) groups excluding carboxylic acids is 1. The zero-order valence-corrected chi connectivity index (χ0v) is 39.9. The second-order valence-corrected chi connectivity index (χ2v) is 18.1. The molecule has 0 saturated carbocycles. The molecule has 0 aliphatic carbocycles. The van der Waals surface area contributed by atoms with Gasteiger partial charge in [0.25, 0.3) is 0 Å². The van der Waals surface area contributed by atoms with Crippen molar-refractivity contribution in [2.75, 3.05) is 0 Å². The quantitative estimate of drug-likeness (QED) is 0.0678. The fraction of sp³-hybridized carbons (Fsp3) is 0.214. The second kappa shape index (κ2) is 18.8. The van der Waals surface area contributed by atoms with Gasteiger partial charge < -0.3 is 9.67 Å². The summed E-state index contributed by atoms with van der Waals surface area (Å²) in [7, 11) is 0. The van der Waals surface area contributed by atoms with Gasteiger partial charge in [-0.15, -0.1) is 5.39 Å². The summed E-state index contributed by atoms with van der Waals surface area (Å²) in [5, 5.41) is 19.2. The summed E-state index contributed by atoms with van der Waals surface area (Å²) in [4.78, 5) is 16.4. The van der Waals surface area contributed by atoms with Crippen molar-refractivity contribution in [3.8, 4) is 39.3 Å². The Bertz CT molecular complexity index is 3050. The van der Waals surface area contributed by atoms with Crippen LogP contribution in [0.25, 0.3) is 82.0 Å². The maximum Gasteiger partial charge on any atom is 0.161 e. The Morgan fingerprint density at radius 1 is 0.613 bits per heavy atom. The summed E-state index contributed by atoms with van der Waals surface area (Å²) in [6.45, 7) is 16.5. The number of aromatic nitrogens is 2. The van der Waals surface area contributed by atoms with Crippen molar-refractivity contribution in [2.24, 2.45) is 11.8 Å². The molecule has 7 aromatic carbocycles. The van der Waals surface area contributed by atoms with Gasteiger partial charge in [0.2, 0.25) is 0 Å². The van der Waals surface area contributed by atoms with Crippen LogP contribution in [0.1, 0.15) is 78.4 Å². The van der Waals surface area contributed by atoms with Gasteiger partial charge in [-0.1, -0.05) is 180 Å². The van der Waals surface area contributed by atoms with Gasteiger partial charge in [0, 0.05) is 43.7 Å². The predicted octanol–water partition coefficient (Wildman–Crippen LogP) is 15.9. The van der Waals surface area contributed by atoms with Crippen LogP contribution in [0, 0.1) is 17.2 Å². The molecule has 0 saturated heterocycles. The zero-order chi connectivity index (χ0) is 42.9. The number of imidazole rings is 1. The van der Waals surface area contributed by atoms with Crippen molar-refractivity contribution in [2.45, 2.75) is 67.2 Å². The molecule has 0 aliphatic rings. The fourth-order valence-electron chi connectivity index (χ4n) is 8.02. The third-order valence-corrected chi connectivity index (χ3v) is 12.5. The van der Waals surface area contributed by atoms with Crippen molar-refractivity contribution < 1.29 is 30.0 Å². The maximum absolute atomic E-state index is 11.0. The normalized spacial score (nSPS) is 11.9. The molecule has 0 spiro atoms. The standard InChI is InChI=1S/C47H37N2S.C9H16O2.Ir/c1-29(2)38-26-36(31-12-6-5-7-13-31)27-39(30(3)4)46(38)49-44-17-11-10-16-43(44)48-47(49)42-28-50-45-23-22-35(25-41(42)45)34-21-20-33-19-18-32-14-8-9-15-37(32)40(33)24-34;1-6(2)8(10)5-9(11)7(3)4;/h5-27,29-30H,1-4H3;5-7,10H,1-4H3;/q-1;;/b;8-5-;. The summed E-state index contributed by atoms with van der Waals surface area (Å²) in [5.74, 6) is 1.71. The molecule has 1 N–H and O–H groups in total. The monoisotopic (exact) mass is 1010 g/mol. The van der Waals surface area contributed by atoms with E-state index >= 15 is 0 Å². The number of benzene rings is 7. The van der Waals surface area contributed by atoms with E-state index in [4.69, 9.17) is 4.98 Å². The number of thiophene rings is 1. The summed E-state index contributed by atoms with van der Waals surface area (Å²) in [5.41, 5.74) is 11.9. The van der Waals surface area contributed by atoms with Crippen LogP contribution in [-0.2, 0) is 24.9 Å². The topological polar surface area (TPSA) is 55.1 Å². The van der Waals surface area contributed by atoms with Crippen LogP contribution in [0.4, 0.5) is 0 Å². The number of para-hydroxylation sites is 2. The van der Waals surface area contributed by atoms with Crippen molar-refractivity contribution in [1.29, 1.82) is 0 Å². The van der Waals surface area contributed by atoms with Crippen LogP contribution >= 0.6 is 11.3 Å². The third-order valence-electron chi connectivity index (χ3n) is 11.6. The van der Waals surface area contributed by atoms with Crippen LogP contribution in [0.15, 0.2) is 151 Å². The van der Waals surface area contributed by atoms with E-state index in [1.807, 2.05) is 27.7 Å². The minimum Gasteiger partial charge on any atom is -0.512 e. The maximum atomic E-state index is 11.0. The van der Waals surface area contributed by atoms with Crippen molar-refractivity contribution in [1.82, 2.24) is 9.55 Å². The van der Waals surface area contributed by atoms with Crippen LogP contribution in [0.5, 0.6) is 0 Å². The Kier molecular flexibility index (Phi) is 13.4. The molecule has 4 nitrogen and oxygen atoms in total. The van der Waals surface area contributed by atoms with Gasteiger partial charge in [0.15, 0.2) is 5.78 Å². The van der Waals surface area contributed by atoms with Gasteiger partial charge in [-0.05, 0) is 97.1 Å².